The van der Waals surface area contributed by atoms with E-state index in [4.69, 9.17) is 23.1 Å². The fourth-order valence-electron chi connectivity index (χ4n) is 4.04. The van der Waals surface area contributed by atoms with Crippen molar-refractivity contribution in [2.45, 2.75) is 57.7 Å². The quantitative estimate of drug-likeness (QED) is 0.153. The van der Waals surface area contributed by atoms with E-state index in [9.17, 15) is 23.6 Å². The van der Waals surface area contributed by atoms with Crippen molar-refractivity contribution in [3.8, 4) is 0 Å². The number of carbonyl (C=O) groups excluding carboxylic acids is 4. The Morgan fingerprint density at radius 1 is 1.19 bits per heavy atom. The summed E-state index contributed by atoms with van der Waals surface area (Å²) in [4.78, 5) is 56.4. The summed E-state index contributed by atoms with van der Waals surface area (Å²) in [5.41, 5.74) is 10.9. The molecule has 13 heteroatoms. The van der Waals surface area contributed by atoms with Crippen molar-refractivity contribution in [3.63, 3.8) is 0 Å². The molecule has 0 bridgehead atoms. The Morgan fingerprint density at radius 2 is 1.89 bits per heavy atom. The van der Waals surface area contributed by atoms with E-state index in [1.807, 2.05) is 0 Å². The lowest BCUT2D eigenvalue weighted by Gasteiger charge is -2.31. The number of amides is 4. The number of para-hydroxylation sites is 1. The minimum absolute atomic E-state index is 0.105. The number of urea groups is 1. The maximum Gasteiger partial charge on any atom is 0.319 e. The van der Waals surface area contributed by atoms with Gasteiger partial charge in [-0.25, -0.2) is 9.18 Å². The van der Waals surface area contributed by atoms with Gasteiger partial charge in [0.2, 0.25) is 11.8 Å². The number of aliphatic imine (C=N–C) groups is 1. The fourth-order valence-corrected chi connectivity index (χ4v) is 4.22. The van der Waals surface area contributed by atoms with Crippen LogP contribution in [-0.4, -0.2) is 72.4 Å². The molecular weight excluding hydrogens is 505 g/mol. The lowest BCUT2D eigenvalue weighted by Crippen LogP contribution is -2.57. The maximum absolute atomic E-state index is 13.4. The molecule has 4 amide bonds. The number of guanidine groups is 1. The normalized spacial score (nSPS) is 16.6. The van der Waals surface area contributed by atoms with Gasteiger partial charge in [-0.2, -0.15) is 0 Å². The summed E-state index contributed by atoms with van der Waals surface area (Å²) in [5.74, 6) is -2.14. The van der Waals surface area contributed by atoms with Gasteiger partial charge in [0.1, 0.15) is 18.8 Å². The molecule has 3 atom stereocenters. The molecule has 1 aliphatic heterocycles. The molecule has 1 aliphatic rings. The first-order valence-electron chi connectivity index (χ1n) is 12.1. The Hall–Kier alpha value is -3.41. The fraction of sp³-hybridized carbons (Fsp3) is 0.542. The van der Waals surface area contributed by atoms with Crippen molar-refractivity contribution in [1.29, 1.82) is 0 Å². The molecular formula is C24H35ClFN7O4. The highest BCUT2D eigenvalue weighted by atomic mass is 35.5. The van der Waals surface area contributed by atoms with Crippen molar-refractivity contribution in [1.82, 2.24) is 15.5 Å². The number of hydrogen-bond acceptors (Lipinski definition) is 5. The van der Waals surface area contributed by atoms with Crippen LogP contribution in [-0.2, 0) is 14.4 Å². The van der Waals surface area contributed by atoms with Crippen LogP contribution in [0.3, 0.4) is 0 Å². The minimum atomic E-state index is -1.24. The van der Waals surface area contributed by atoms with Crippen LogP contribution in [0.4, 0.5) is 14.9 Å². The summed E-state index contributed by atoms with van der Waals surface area (Å²) in [6.45, 7) is 2.84. The molecule has 1 aromatic rings. The monoisotopic (exact) mass is 539 g/mol. The van der Waals surface area contributed by atoms with E-state index in [0.29, 0.717) is 36.5 Å². The zero-order chi connectivity index (χ0) is 27.5. The number of anilines is 1. The van der Waals surface area contributed by atoms with Gasteiger partial charge in [-0.15, -0.1) is 0 Å². The van der Waals surface area contributed by atoms with Crippen LogP contribution in [0.15, 0.2) is 29.3 Å². The number of hydrogen-bond donors (Lipinski definition) is 5. The van der Waals surface area contributed by atoms with Gasteiger partial charge in [-0.05, 0) is 43.7 Å². The van der Waals surface area contributed by atoms with Crippen molar-refractivity contribution < 1.29 is 23.6 Å². The van der Waals surface area contributed by atoms with Gasteiger partial charge in [-0.1, -0.05) is 37.6 Å². The molecule has 2 rings (SSSR count). The summed E-state index contributed by atoms with van der Waals surface area (Å²) in [5, 5.41) is 8.22. The average Bonchev–Trinajstić information content (AvgIpc) is 3.34. The second-order valence-corrected chi connectivity index (χ2v) is 9.51. The molecule has 11 nitrogen and oxygen atoms in total. The van der Waals surface area contributed by atoms with Gasteiger partial charge < -0.3 is 32.3 Å². The van der Waals surface area contributed by atoms with Crippen LogP contribution in [0.25, 0.3) is 0 Å². The number of nitrogens with two attached hydrogens (primary N) is 2. The van der Waals surface area contributed by atoms with Gasteiger partial charge in [0.15, 0.2) is 11.7 Å². The Morgan fingerprint density at radius 3 is 2.51 bits per heavy atom. The Balaban J connectivity index is 2.07. The first-order valence-corrected chi connectivity index (χ1v) is 12.5. The summed E-state index contributed by atoms with van der Waals surface area (Å²) >= 11 is 6.09. The first kappa shape index (κ1) is 29.8. The number of halogens is 2. The molecule has 7 N–H and O–H groups in total. The van der Waals surface area contributed by atoms with Gasteiger partial charge in [0, 0.05) is 13.1 Å². The first-order chi connectivity index (χ1) is 17.5. The lowest BCUT2D eigenvalue weighted by atomic mass is 10.0. The molecule has 0 saturated carbocycles. The molecule has 1 unspecified atom stereocenters. The predicted molar refractivity (Wildman–Crippen MR) is 140 cm³/mol. The summed E-state index contributed by atoms with van der Waals surface area (Å²) in [7, 11) is 0. The standard InChI is InChI=1S/C24H35ClFN7O4/c1-14(2)20(32-24(37)31-16-8-4-3-7-15(16)25)22(36)33-12-6-10-18(33)21(35)30-17(19(34)13-26)9-5-11-29-23(27)28/h3-4,7-8,14,17-18,20H,5-6,9-13H2,1-2H3,(H,30,35)(H4,27,28,29)(H2,31,32,37)/t17-,18-,20?/m0/s1. The van der Waals surface area contributed by atoms with Crippen LogP contribution < -0.4 is 27.4 Å². The van der Waals surface area contributed by atoms with Crippen molar-refractivity contribution in [2.75, 3.05) is 25.1 Å². The van der Waals surface area contributed by atoms with Crippen molar-refractivity contribution >= 4 is 46.9 Å². The average molecular weight is 540 g/mol. The number of nitrogens with zero attached hydrogens (tertiary/aromatic N) is 2. The molecule has 0 spiro atoms. The van der Waals surface area contributed by atoms with Crippen LogP contribution >= 0.6 is 11.6 Å². The third-order valence-corrected chi connectivity index (χ3v) is 6.29. The lowest BCUT2D eigenvalue weighted by molar-refractivity contribution is -0.141. The number of likely N-dealkylation sites (tertiary alicyclic amines) is 1. The number of Topliss-reactive ketones (excluding diaryl/α,β-unsaturated/α-hetero) is 1. The Labute approximate surface area is 220 Å². The highest BCUT2D eigenvalue weighted by Gasteiger charge is 2.39. The Kier molecular flexibility index (Phi) is 11.6. The highest BCUT2D eigenvalue weighted by molar-refractivity contribution is 6.33. The van der Waals surface area contributed by atoms with Crippen LogP contribution in [0.5, 0.6) is 0 Å². The maximum atomic E-state index is 13.4. The topological polar surface area (TPSA) is 172 Å². The van der Waals surface area contributed by atoms with Crippen molar-refractivity contribution in [3.05, 3.63) is 29.3 Å². The predicted octanol–water partition coefficient (Wildman–Crippen LogP) is 1.55. The van der Waals surface area contributed by atoms with E-state index in [1.54, 1.807) is 38.1 Å². The zero-order valence-corrected chi connectivity index (χ0v) is 21.8. The zero-order valence-electron chi connectivity index (χ0n) is 21.0. The van der Waals surface area contributed by atoms with E-state index in [1.165, 1.54) is 4.90 Å². The molecule has 1 saturated heterocycles. The third kappa shape index (κ3) is 8.88. The minimum Gasteiger partial charge on any atom is -0.370 e. The summed E-state index contributed by atoms with van der Waals surface area (Å²) in [6, 6.07) is 3.23. The molecule has 37 heavy (non-hydrogen) atoms. The van der Waals surface area contributed by atoms with E-state index >= 15 is 0 Å². The molecule has 0 aromatic heterocycles. The molecule has 204 valence electrons. The molecule has 0 radical (unpaired) electrons. The van der Waals surface area contributed by atoms with Gasteiger partial charge in [0.25, 0.3) is 0 Å². The summed E-state index contributed by atoms with van der Waals surface area (Å²) in [6.07, 6.45) is 1.43. The molecule has 1 heterocycles. The van der Waals surface area contributed by atoms with Crippen LogP contribution in [0, 0.1) is 5.92 Å². The van der Waals surface area contributed by atoms with Crippen molar-refractivity contribution in [2.24, 2.45) is 22.4 Å². The number of alkyl halides is 1. The smallest absolute Gasteiger partial charge is 0.319 e. The number of nitrogens with one attached hydrogen (secondary N) is 3. The van der Waals surface area contributed by atoms with E-state index in [-0.39, 0.29) is 24.8 Å². The van der Waals surface area contributed by atoms with Gasteiger partial charge >= 0.3 is 6.03 Å². The van der Waals surface area contributed by atoms with Gasteiger partial charge in [-0.3, -0.25) is 19.4 Å². The summed E-state index contributed by atoms with van der Waals surface area (Å²) < 4.78 is 13.1. The number of rotatable bonds is 12. The van der Waals surface area contributed by atoms with E-state index < -0.39 is 48.4 Å². The van der Waals surface area contributed by atoms with E-state index in [2.05, 4.69) is 20.9 Å². The number of ketones is 1. The largest absolute Gasteiger partial charge is 0.370 e. The number of benzene rings is 1. The number of carbonyl (C=O) groups is 4. The highest BCUT2D eigenvalue weighted by Crippen LogP contribution is 2.22. The van der Waals surface area contributed by atoms with Gasteiger partial charge in [0.05, 0.1) is 16.8 Å². The SMILES string of the molecule is CC(C)C(NC(=O)Nc1ccccc1Cl)C(=O)N1CCC[C@H]1C(=O)N[C@@H](CCCN=C(N)N)C(=O)CF. The Bertz CT molecular complexity index is 1000. The second kappa shape index (κ2) is 14.4. The molecule has 0 aliphatic carbocycles. The van der Waals surface area contributed by atoms with Crippen LogP contribution in [0.1, 0.15) is 39.5 Å². The molecule has 1 fully saturated rings. The third-order valence-electron chi connectivity index (χ3n) is 5.96. The van der Waals surface area contributed by atoms with E-state index in [0.717, 1.165) is 0 Å². The van der Waals surface area contributed by atoms with Crippen LogP contribution in [0.2, 0.25) is 5.02 Å². The molecule has 1 aromatic carbocycles. The second-order valence-electron chi connectivity index (χ2n) is 9.10.